The third-order valence-corrected chi connectivity index (χ3v) is 3.66. The molecule has 0 heterocycles. The lowest BCUT2D eigenvalue weighted by atomic mass is 9.99. The number of nitrogens with two attached hydrogens (primary N) is 1. The second kappa shape index (κ2) is 3.86. The second-order valence-corrected chi connectivity index (χ2v) is 5.18. The average molecular weight is 244 g/mol. The van der Waals surface area contributed by atoms with Crippen LogP contribution in [0.4, 0.5) is 0 Å². The van der Waals surface area contributed by atoms with Crippen LogP contribution in [0, 0.1) is 0 Å². The lowest BCUT2D eigenvalue weighted by Crippen LogP contribution is -2.18. The first kappa shape index (κ1) is 10.8. The van der Waals surface area contributed by atoms with Gasteiger partial charge < -0.3 is 5.73 Å². The van der Waals surface area contributed by atoms with E-state index in [1.165, 1.54) is 16.7 Å². The Labute approximate surface area is 106 Å². The highest BCUT2D eigenvalue weighted by atomic mass is 35.5. The molecule has 3 rings (SSSR count). The third kappa shape index (κ3) is 2.08. The van der Waals surface area contributed by atoms with E-state index >= 15 is 0 Å². The number of halogens is 1. The maximum absolute atomic E-state index is 6.22. The fourth-order valence-corrected chi connectivity index (χ4v) is 2.20. The normalized spacial score (nSPS) is 16.8. The second-order valence-electron chi connectivity index (χ2n) is 4.74. The van der Waals surface area contributed by atoms with Gasteiger partial charge in [-0.1, -0.05) is 41.9 Å². The summed E-state index contributed by atoms with van der Waals surface area (Å²) in [6.45, 7) is 0. The van der Waals surface area contributed by atoms with Crippen molar-refractivity contribution in [2.45, 2.75) is 18.4 Å². The molecule has 2 aromatic rings. The van der Waals surface area contributed by atoms with Crippen LogP contribution in [0.2, 0.25) is 5.02 Å². The van der Waals surface area contributed by atoms with Crippen molar-refractivity contribution in [2.24, 2.45) is 5.73 Å². The monoisotopic (exact) mass is 243 g/mol. The minimum absolute atomic E-state index is 0.0670. The Hall–Kier alpha value is -1.31. The molecule has 86 valence electrons. The van der Waals surface area contributed by atoms with Crippen LogP contribution in [-0.4, -0.2) is 0 Å². The van der Waals surface area contributed by atoms with Crippen LogP contribution in [0.15, 0.2) is 48.5 Å². The maximum atomic E-state index is 6.22. The summed E-state index contributed by atoms with van der Waals surface area (Å²) in [5.74, 6) is 0. The molecule has 1 aliphatic carbocycles. The van der Waals surface area contributed by atoms with E-state index in [2.05, 4.69) is 24.3 Å². The van der Waals surface area contributed by atoms with Crippen LogP contribution in [0.25, 0.3) is 11.1 Å². The summed E-state index contributed by atoms with van der Waals surface area (Å²) in [5, 5.41) is 0.766. The predicted molar refractivity (Wildman–Crippen MR) is 72.0 cm³/mol. The number of benzene rings is 2. The summed E-state index contributed by atoms with van der Waals surface area (Å²) in [6, 6.07) is 16.4. The lowest BCUT2D eigenvalue weighted by molar-refractivity contribution is 0.740. The van der Waals surface area contributed by atoms with Gasteiger partial charge in [-0.2, -0.15) is 0 Å². The predicted octanol–water partition coefficient (Wildman–Crippen LogP) is 3.95. The molecule has 0 amide bonds. The van der Waals surface area contributed by atoms with Crippen molar-refractivity contribution < 1.29 is 0 Å². The van der Waals surface area contributed by atoms with E-state index in [1.54, 1.807) is 0 Å². The zero-order chi connectivity index (χ0) is 11.9. The van der Waals surface area contributed by atoms with Crippen molar-refractivity contribution in [1.29, 1.82) is 0 Å². The van der Waals surface area contributed by atoms with Gasteiger partial charge in [0.2, 0.25) is 0 Å². The number of hydrogen-bond donors (Lipinski definition) is 1. The highest BCUT2D eigenvalue weighted by Gasteiger charge is 2.39. The van der Waals surface area contributed by atoms with E-state index in [0.717, 1.165) is 17.9 Å². The highest BCUT2D eigenvalue weighted by molar-refractivity contribution is 6.30. The molecule has 2 heteroatoms. The molecular weight excluding hydrogens is 230 g/mol. The van der Waals surface area contributed by atoms with Crippen LogP contribution in [0.1, 0.15) is 18.4 Å². The molecule has 0 atom stereocenters. The summed E-state index contributed by atoms with van der Waals surface area (Å²) >= 11 is 5.89. The van der Waals surface area contributed by atoms with Crippen LogP contribution in [0.5, 0.6) is 0 Å². The highest BCUT2D eigenvalue weighted by Crippen LogP contribution is 2.43. The topological polar surface area (TPSA) is 26.0 Å². The minimum atomic E-state index is -0.0670. The third-order valence-electron chi connectivity index (χ3n) is 3.40. The minimum Gasteiger partial charge on any atom is -0.321 e. The fourth-order valence-electron chi connectivity index (χ4n) is 2.07. The van der Waals surface area contributed by atoms with Crippen molar-refractivity contribution in [3.05, 3.63) is 59.1 Å². The first-order valence-electron chi connectivity index (χ1n) is 5.83. The summed E-state index contributed by atoms with van der Waals surface area (Å²) in [5.41, 5.74) is 9.78. The SMILES string of the molecule is NC1(c2cccc(-c3ccc(Cl)cc3)c2)CC1. The van der Waals surface area contributed by atoms with Gasteiger partial charge in [0.05, 0.1) is 0 Å². The van der Waals surface area contributed by atoms with E-state index in [1.807, 2.05) is 24.3 Å². The quantitative estimate of drug-likeness (QED) is 0.849. The van der Waals surface area contributed by atoms with Gasteiger partial charge >= 0.3 is 0 Å². The summed E-state index contributed by atoms with van der Waals surface area (Å²) in [7, 11) is 0. The zero-order valence-electron chi connectivity index (χ0n) is 9.49. The van der Waals surface area contributed by atoms with Gasteiger partial charge in [-0.3, -0.25) is 0 Å². The molecule has 1 fully saturated rings. The summed E-state index contributed by atoms with van der Waals surface area (Å²) in [6.07, 6.45) is 2.19. The molecule has 0 bridgehead atoms. The van der Waals surface area contributed by atoms with Gasteiger partial charge in [0.25, 0.3) is 0 Å². The van der Waals surface area contributed by atoms with Gasteiger partial charge in [-0.25, -0.2) is 0 Å². The molecule has 0 radical (unpaired) electrons. The van der Waals surface area contributed by atoms with Crippen LogP contribution >= 0.6 is 11.6 Å². The van der Waals surface area contributed by atoms with Crippen molar-refractivity contribution in [3.63, 3.8) is 0 Å². The summed E-state index contributed by atoms with van der Waals surface area (Å²) < 4.78 is 0. The average Bonchev–Trinajstić information content (AvgIpc) is 3.10. The summed E-state index contributed by atoms with van der Waals surface area (Å²) in [4.78, 5) is 0. The molecular formula is C15H14ClN. The molecule has 1 nitrogen and oxygen atoms in total. The maximum Gasteiger partial charge on any atom is 0.0411 e. The Bertz CT molecular complexity index is 541. The Kier molecular flexibility index (Phi) is 2.46. The smallest absolute Gasteiger partial charge is 0.0411 e. The molecule has 0 aliphatic heterocycles. The van der Waals surface area contributed by atoms with Crippen LogP contribution in [0.3, 0.4) is 0 Å². The van der Waals surface area contributed by atoms with E-state index in [0.29, 0.717) is 0 Å². The first-order valence-corrected chi connectivity index (χ1v) is 6.21. The number of rotatable bonds is 2. The van der Waals surface area contributed by atoms with Gasteiger partial charge in [0.1, 0.15) is 0 Å². The van der Waals surface area contributed by atoms with E-state index in [4.69, 9.17) is 17.3 Å². The number of hydrogen-bond acceptors (Lipinski definition) is 1. The molecule has 0 unspecified atom stereocenters. The lowest BCUT2D eigenvalue weighted by Gasteiger charge is -2.11. The largest absolute Gasteiger partial charge is 0.321 e. The molecule has 1 aliphatic rings. The van der Waals surface area contributed by atoms with Gasteiger partial charge in [0, 0.05) is 10.6 Å². The van der Waals surface area contributed by atoms with Crippen LogP contribution < -0.4 is 5.73 Å². The Morgan fingerprint density at radius 1 is 0.941 bits per heavy atom. The Morgan fingerprint density at radius 3 is 2.29 bits per heavy atom. The van der Waals surface area contributed by atoms with Gasteiger partial charge in [-0.05, 0) is 47.7 Å². The molecule has 0 aromatic heterocycles. The molecule has 2 N–H and O–H groups in total. The Balaban J connectivity index is 2.00. The van der Waals surface area contributed by atoms with Crippen molar-refractivity contribution in [1.82, 2.24) is 0 Å². The van der Waals surface area contributed by atoms with E-state index < -0.39 is 0 Å². The standard InChI is InChI=1S/C15H14ClN/c16-14-6-4-11(5-7-14)12-2-1-3-13(10-12)15(17)8-9-15/h1-7,10H,8-9,17H2. The molecule has 0 spiro atoms. The molecule has 1 saturated carbocycles. The van der Waals surface area contributed by atoms with Crippen molar-refractivity contribution in [3.8, 4) is 11.1 Å². The van der Waals surface area contributed by atoms with Gasteiger partial charge in [-0.15, -0.1) is 0 Å². The van der Waals surface area contributed by atoms with Gasteiger partial charge in [0.15, 0.2) is 0 Å². The molecule has 17 heavy (non-hydrogen) atoms. The molecule has 0 saturated heterocycles. The molecule has 2 aromatic carbocycles. The van der Waals surface area contributed by atoms with Crippen molar-refractivity contribution in [2.75, 3.05) is 0 Å². The van der Waals surface area contributed by atoms with E-state index in [9.17, 15) is 0 Å². The van der Waals surface area contributed by atoms with E-state index in [-0.39, 0.29) is 5.54 Å². The van der Waals surface area contributed by atoms with Crippen molar-refractivity contribution >= 4 is 11.6 Å². The first-order chi connectivity index (χ1) is 8.17. The van der Waals surface area contributed by atoms with Crippen LogP contribution in [-0.2, 0) is 5.54 Å². The Morgan fingerprint density at radius 2 is 1.65 bits per heavy atom. The fraction of sp³-hybridized carbons (Fsp3) is 0.200. The zero-order valence-corrected chi connectivity index (χ0v) is 10.2.